The third-order valence-electron chi connectivity index (χ3n) is 4.51. The highest BCUT2D eigenvalue weighted by molar-refractivity contribution is 9.10. The fourth-order valence-electron chi connectivity index (χ4n) is 3.01. The van der Waals surface area contributed by atoms with E-state index in [2.05, 4.69) is 21.2 Å². The molecule has 1 N–H and O–H groups in total. The SMILES string of the molecule is Cc1ccc2c(C)c(CCC(=O)Nc3ccc(Br)cc3C)c(=O)oc2c1. The van der Waals surface area contributed by atoms with Crippen LogP contribution in [0.3, 0.4) is 0 Å². The predicted molar refractivity (Wildman–Crippen MR) is 108 cm³/mol. The largest absolute Gasteiger partial charge is 0.423 e. The minimum atomic E-state index is -0.367. The average molecular weight is 414 g/mol. The third-order valence-corrected chi connectivity index (χ3v) is 5.00. The van der Waals surface area contributed by atoms with Crippen LogP contribution in [0.15, 0.2) is 50.1 Å². The lowest BCUT2D eigenvalue weighted by Crippen LogP contribution is -2.17. The number of amides is 1. The van der Waals surface area contributed by atoms with Crippen molar-refractivity contribution in [1.82, 2.24) is 0 Å². The van der Waals surface area contributed by atoms with Gasteiger partial charge in [-0.2, -0.15) is 0 Å². The molecule has 26 heavy (non-hydrogen) atoms. The van der Waals surface area contributed by atoms with Gasteiger partial charge in [0.15, 0.2) is 0 Å². The minimum absolute atomic E-state index is 0.127. The molecule has 5 heteroatoms. The second-order valence-electron chi connectivity index (χ2n) is 6.50. The van der Waals surface area contributed by atoms with E-state index in [1.807, 2.05) is 57.2 Å². The van der Waals surface area contributed by atoms with Crippen LogP contribution in [0.2, 0.25) is 0 Å². The number of anilines is 1. The molecule has 4 nitrogen and oxygen atoms in total. The van der Waals surface area contributed by atoms with Gasteiger partial charge in [-0.05, 0) is 68.1 Å². The Kier molecular flexibility index (Phi) is 5.28. The van der Waals surface area contributed by atoms with E-state index >= 15 is 0 Å². The van der Waals surface area contributed by atoms with Crippen molar-refractivity contribution in [1.29, 1.82) is 0 Å². The first-order valence-corrected chi connectivity index (χ1v) is 9.23. The Balaban J connectivity index is 1.78. The number of carbonyl (C=O) groups excluding carboxylic acids is 1. The smallest absolute Gasteiger partial charge is 0.339 e. The molecule has 0 bridgehead atoms. The van der Waals surface area contributed by atoms with E-state index < -0.39 is 0 Å². The first-order chi connectivity index (χ1) is 12.3. The summed E-state index contributed by atoms with van der Waals surface area (Å²) in [7, 11) is 0. The highest BCUT2D eigenvalue weighted by atomic mass is 79.9. The van der Waals surface area contributed by atoms with Crippen LogP contribution in [-0.2, 0) is 11.2 Å². The van der Waals surface area contributed by atoms with E-state index in [1.165, 1.54) is 0 Å². The molecule has 3 aromatic rings. The van der Waals surface area contributed by atoms with Gasteiger partial charge in [-0.3, -0.25) is 4.79 Å². The minimum Gasteiger partial charge on any atom is -0.423 e. The molecule has 0 aliphatic carbocycles. The Morgan fingerprint density at radius 2 is 1.88 bits per heavy atom. The van der Waals surface area contributed by atoms with Crippen LogP contribution < -0.4 is 10.9 Å². The van der Waals surface area contributed by atoms with Gasteiger partial charge in [0.1, 0.15) is 5.58 Å². The number of hydrogen-bond acceptors (Lipinski definition) is 3. The van der Waals surface area contributed by atoms with E-state index in [9.17, 15) is 9.59 Å². The maximum absolute atomic E-state index is 12.3. The molecule has 0 aliphatic rings. The Bertz CT molecular complexity index is 1050. The Morgan fingerprint density at radius 3 is 2.62 bits per heavy atom. The van der Waals surface area contributed by atoms with Gasteiger partial charge in [-0.25, -0.2) is 4.79 Å². The van der Waals surface area contributed by atoms with E-state index in [-0.39, 0.29) is 18.0 Å². The van der Waals surface area contributed by atoms with Crippen LogP contribution in [-0.4, -0.2) is 5.91 Å². The molecule has 0 atom stereocenters. The highest BCUT2D eigenvalue weighted by Crippen LogP contribution is 2.22. The molecule has 0 radical (unpaired) electrons. The van der Waals surface area contributed by atoms with Crippen molar-refractivity contribution in [2.45, 2.75) is 33.6 Å². The summed E-state index contributed by atoms with van der Waals surface area (Å²) < 4.78 is 6.41. The van der Waals surface area contributed by atoms with Crippen LogP contribution in [0, 0.1) is 20.8 Å². The van der Waals surface area contributed by atoms with Crippen molar-refractivity contribution >= 4 is 38.5 Å². The first kappa shape index (κ1) is 18.4. The molecular formula is C21H20BrNO3. The monoisotopic (exact) mass is 413 g/mol. The molecule has 0 aliphatic heterocycles. The van der Waals surface area contributed by atoms with Crippen molar-refractivity contribution in [3.8, 4) is 0 Å². The topological polar surface area (TPSA) is 59.3 Å². The van der Waals surface area contributed by atoms with Gasteiger partial charge in [0.2, 0.25) is 5.91 Å². The second kappa shape index (κ2) is 7.46. The average Bonchev–Trinajstić information content (AvgIpc) is 2.57. The van der Waals surface area contributed by atoms with Gasteiger partial charge in [0.05, 0.1) is 0 Å². The zero-order chi connectivity index (χ0) is 18.8. The van der Waals surface area contributed by atoms with Crippen molar-refractivity contribution < 1.29 is 9.21 Å². The van der Waals surface area contributed by atoms with Gasteiger partial charge >= 0.3 is 5.63 Å². The number of aryl methyl sites for hydroxylation is 3. The maximum Gasteiger partial charge on any atom is 0.339 e. The fraction of sp³-hybridized carbons (Fsp3) is 0.238. The van der Waals surface area contributed by atoms with Gasteiger partial charge in [-0.15, -0.1) is 0 Å². The summed E-state index contributed by atoms with van der Waals surface area (Å²) >= 11 is 3.41. The number of halogens is 1. The zero-order valence-corrected chi connectivity index (χ0v) is 16.6. The molecule has 1 aromatic heterocycles. The summed E-state index contributed by atoms with van der Waals surface area (Å²) in [5.74, 6) is -0.127. The van der Waals surface area contributed by atoms with Crippen LogP contribution in [0.25, 0.3) is 11.0 Å². The molecule has 3 rings (SSSR count). The van der Waals surface area contributed by atoms with Crippen LogP contribution in [0.1, 0.15) is 28.7 Å². The molecule has 0 unspecified atom stereocenters. The third kappa shape index (κ3) is 3.88. The maximum atomic E-state index is 12.3. The number of rotatable bonds is 4. The molecule has 0 fully saturated rings. The quantitative estimate of drug-likeness (QED) is 0.608. The van der Waals surface area contributed by atoms with Crippen molar-refractivity contribution in [3.63, 3.8) is 0 Å². The predicted octanol–water partition coefficient (Wildman–Crippen LogP) is 5.05. The lowest BCUT2D eigenvalue weighted by molar-refractivity contribution is -0.116. The number of nitrogens with one attached hydrogen (secondary N) is 1. The molecule has 1 amide bonds. The normalized spacial score (nSPS) is 10.9. The van der Waals surface area contributed by atoms with Gasteiger partial charge < -0.3 is 9.73 Å². The Hall–Kier alpha value is -2.40. The summed E-state index contributed by atoms with van der Waals surface area (Å²) in [6.45, 7) is 5.79. The molecule has 134 valence electrons. The fourth-order valence-corrected chi connectivity index (χ4v) is 3.48. The lowest BCUT2D eigenvalue weighted by Gasteiger charge is -2.10. The van der Waals surface area contributed by atoms with Gasteiger partial charge in [0, 0.05) is 27.5 Å². The summed E-state index contributed by atoms with van der Waals surface area (Å²) in [5.41, 5.74) is 4.45. The molecule has 0 spiro atoms. The van der Waals surface area contributed by atoms with Crippen molar-refractivity contribution in [2.75, 3.05) is 5.32 Å². The number of fused-ring (bicyclic) bond motifs is 1. The van der Waals surface area contributed by atoms with Gasteiger partial charge in [-0.1, -0.05) is 28.1 Å². The van der Waals surface area contributed by atoms with Crippen LogP contribution >= 0.6 is 15.9 Å². The number of hydrogen-bond donors (Lipinski definition) is 1. The molecular weight excluding hydrogens is 394 g/mol. The molecule has 1 heterocycles. The Labute approximate surface area is 160 Å². The highest BCUT2D eigenvalue weighted by Gasteiger charge is 2.13. The standard InChI is InChI=1S/C21H20BrNO3/c1-12-4-6-16-14(3)17(21(25)26-19(16)10-12)7-9-20(24)23-18-8-5-15(22)11-13(18)2/h4-6,8,10-11H,7,9H2,1-3H3,(H,23,24). The summed E-state index contributed by atoms with van der Waals surface area (Å²) in [6.07, 6.45) is 0.567. The van der Waals surface area contributed by atoms with Crippen molar-refractivity contribution in [2.24, 2.45) is 0 Å². The van der Waals surface area contributed by atoms with E-state index in [0.717, 1.165) is 32.2 Å². The van der Waals surface area contributed by atoms with E-state index in [0.29, 0.717) is 17.6 Å². The number of benzene rings is 2. The van der Waals surface area contributed by atoms with Crippen LogP contribution in [0.5, 0.6) is 0 Å². The van der Waals surface area contributed by atoms with E-state index in [1.54, 1.807) is 0 Å². The molecule has 2 aromatic carbocycles. The molecule has 0 saturated heterocycles. The lowest BCUT2D eigenvalue weighted by atomic mass is 10.0. The molecule has 0 saturated carbocycles. The number of carbonyl (C=O) groups is 1. The summed E-state index contributed by atoms with van der Waals surface area (Å²) in [6, 6.07) is 11.5. The summed E-state index contributed by atoms with van der Waals surface area (Å²) in [4.78, 5) is 24.6. The van der Waals surface area contributed by atoms with E-state index in [4.69, 9.17) is 4.42 Å². The van der Waals surface area contributed by atoms with Crippen LogP contribution in [0.4, 0.5) is 5.69 Å². The van der Waals surface area contributed by atoms with Gasteiger partial charge in [0.25, 0.3) is 0 Å². The Morgan fingerprint density at radius 1 is 1.12 bits per heavy atom. The van der Waals surface area contributed by atoms with Crippen molar-refractivity contribution in [3.05, 3.63) is 73.5 Å². The zero-order valence-electron chi connectivity index (χ0n) is 15.0. The second-order valence-corrected chi connectivity index (χ2v) is 7.42. The summed E-state index contributed by atoms with van der Waals surface area (Å²) in [5, 5.41) is 3.81. The first-order valence-electron chi connectivity index (χ1n) is 8.44.